The van der Waals surface area contributed by atoms with Crippen LogP contribution in [0.5, 0.6) is 0 Å². The van der Waals surface area contributed by atoms with Crippen molar-refractivity contribution in [3.63, 3.8) is 0 Å². The zero-order chi connectivity index (χ0) is 20.4. The summed E-state index contributed by atoms with van der Waals surface area (Å²) in [5, 5.41) is 4.51. The molecule has 0 aliphatic carbocycles. The Hall–Kier alpha value is -4.21. The highest BCUT2D eigenvalue weighted by molar-refractivity contribution is 5.95. The lowest BCUT2D eigenvalue weighted by atomic mass is 10.2. The van der Waals surface area contributed by atoms with Crippen molar-refractivity contribution in [3.05, 3.63) is 65.8 Å². The van der Waals surface area contributed by atoms with Crippen LogP contribution in [-0.4, -0.2) is 30.7 Å². The molecular formula is C19H17N7O3. The predicted molar refractivity (Wildman–Crippen MR) is 104 cm³/mol. The van der Waals surface area contributed by atoms with E-state index in [1.165, 1.54) is 0 Å². The van der Waals surface area contributed by atoms with Crippen LogP contribution in [0.25, 0.3) is 17.1 Å². The van der Waals surface area contributed by atoms with Gasteiger partial charge in [-0.3, -0.25) is 0 Å². The Balaban J connectivity index is 1.65. The molecule has 0 spiro atoms. The molecule has 0 saturated carbocycles. The van der Waals surface area contributed by atoms with E-state index in [9.17, 15) is 4.79 Å². The number of nitrogens with two attached hydrogens (primary N) is 2. The number of carbonyl (C=O) groups is 1. The summed E-state index contributed by atoms with van der Waals surface area (Å²) in [7, 11) is 0. The van der Waals surface area contributed by atoms with Crippen LogP contribution < -0.4 is 11.5 Å². The topological polar surface area (TPSA) is 148 Å². The number of hydrogen-bond donors (Lipinski definition) is 2. The van der Waals surface area contributed by atoms with Gasteiger partial charge in [0.15, 0.2) is 18.2 Å². The summed E-state index contributed by atoms with van der Waals surface area (Å²) in [4.78, 5) is 24.3. The number of ether oxygens (including phenoxy) is 1. The van der Waals surface area contributed by atoms with Crippen molar-refractivity contribution < 1.29 is 13.9 Å². The van der Waals surface area contributed by atoms with Crippen molar-refractivity contribution in [2.24, 2.45) is 0 Å². The molecule has 0 fully saturated rings. The third-order valence-corrected chi connectivity index (χ3v) is 3.98. The molecule has 4 N–H and O–H groups in total. The Morgan fingerprint density at radius 1 is 1.07 bits per heavy atom. The minimum Gasteiger partial charge on any atom is -0.460 e. The maximum Gasteiger partial charge on any atom is 0.342 e. The van der Waals surface area contributed by atoms with E-state index < -0.39 is 5.97 Å². The molecule has 10 heteroatoms. The molecule has 3 heterocycles. The van der Waals surface area contributed by atoms with Gasteiger partial charge in [-0.15, -0.1) is 0 Å². The second-order valence-corrected chi connectivity index (χ2v) is 6.13. The van der Waals surface area contributed by atoms with Gasteiger partial charge in [-0.1, -0.05) is 18.2 Å². The molecule has 10 nitrogen and oxygen atoms in total. The van der Waals surface area contributed by atoms with E-state index in [0.717, 1.165) is 5.69 Å². The van der Waals surface area contributed by atoms with Gasteiger partial charge in [0.1, 0.15) is 17.0 Å². The first-order valence-corrected chi connectivity index (χ1v) is 8.64. The minimum absolute atomic E-state index is 0.0489. The summed E-state index contributed by atoms with van der Waals surface area (Å²) in [6.45, 7) is 1.59. The van der Waals surface area contributed by atoms with Crippen molar-refractivity contribution >= 4 is 17.9 Å². The molecule has 146 valence electrons. The number of nitrogens with zero attached hydrogens (tertiary/aromatic N) is 5. The maximum atomic E-state index is 12.8. The molecule has 0 atom stereocenters. The molecule has 0 radical (unpaired) electrons. The summed E-state index contributed by atoms with van der Waals surface area (Å²) in [6, 6.07) is 12.9. The largest absolute Gasteiger partial charge is 0.460 e. The smallest absolute Gasteiger partial charge is 0.342 e. The number of rotatable bonds is 5. The van der Waals surface area contributed by atoms with Crippen molar-refractivity contribution in [1.82, 2.24) is 24.7 Å². The van der Waals surface area contributed by atoms with Gasteiger partial charge >= 0.3 is 5.97 Å². The summed E-state index contributed by atoms with van der Waals surface area (Å²) in [5.74, 6) is 0.588. The van der Waals surface area contributed by atoms with Gasteiger partial charge in [0.2, 0.25) is 11.9 Å². The lowest BCUT2D eigenvalue weighted by Crippen LogP contribution is -2.11. The van der Waals surface area contributed by atoms with E-state index in [4.69, 9.17) is 20.6 Å². The second-order valence-electron chi connectivity index (χ2n) is 6.13. The molecule has 1 aromatic carbocycles. The van der Waals surface area contributed by atoms with Gasteiger partial charge in [-0.2, -0.15) is 20.1 Å². The number of carbonyl (C=O) groups excluding carboxylic acids is 1. The van der Waals surface area contributed by atoms with Crippen molar-refractivity contribution in [1.29, 1.82) is 0 Å². The quantitative estimate of drug-likeness (QED) is 0.488. The number of furan rings is 1. The van der Waals surface area contributed by atoms with Gasteiger partial charge in [0, 0.05) is 6.20 Å². The number of nitrogen functional groups attached to an aromatic ring is 2. The van der Waals surface area contributed by atoms with Crippen LogP contribution in [0.1, 0.15) is 21.9 Å². The van der Waals surface area contributed by atoms with Gasteiger partial charge in [-0.05, 0) is 31.2 Å². The third-order valence-electron chi connectivity index (χ3n) is 3.98. The number of aryl methyl sites for hydroxylation is 1. The summed E-state index contributed by atoms with van der Waals surface area (Å²) < 4.78 is 12.6. The molecule has 0 aliphatic rings. The monoisotopic (exact) mass is 391 g/mol. The van der Waals surface area contributed by atoms with Gasteiger partial charge in [0.05, 0.1) is 5.69 Å². The Kier molecular flexibility index (Phi) is 4.65. The van der Waals surface area contributed by atoms with Crippen LogP contribution in [-0.2, 0) is 11.3 Å². The molecular weight excluding hydrogens is 374 g/mol. The summed E-state index contributed by atoms with van der Waals surface area (Å²) >= 11 is 0. The number of esters is 1. The van der Waals surface area contributed by atoms with E-state index in [1.807, 2.05) is 37.3 Å². The number of para-hydroxylation sites is 1. The highest BCUT2D eigenvalue weighted by atomic mass is 16.5. The molecule has 0 aliphatic heterocycles. The van der Waals surface area contributed by atoms with Crippen molar-refractivity contribution in [2.75, 3.05) is 11.5 Å². The fourth-order valence-electron chi connectivity index (χ4n) is 2.71. The van der Waals surface area contributed by atoms with E-state index >= 15 is 0 Å². The Morgan fingerprint density at radius 2 is 1.79 bits per heavy atom. The molecule has 0 unspecified atom stereocenters. The molecule has 29 heavy (non-hydrogen) atoms. The highest BCUT2D eigenvalue weighted by Crippen LogP contribution is 2.26. The number of aromatic nitrogens is 5. The lowest BCUT2D eigenvalue weighted by molar-refractivity contribution is 0.0463. The van der Waals surface area contributed by atoms with Gasteiger partial charge in [-0.25, -0.2) is 9.48 Å². The zero-order valence-electron chi connectivity index (χ0n) is 15.4. The standard InChI is InChI=1S/C19H17N7O3/c1-11-7-8-14(29-11)16-13(9-26(25-16)12-5-3-2-4-6-12)17(27)28-10-15-22-18(20)24-19(21)23-15/h2-9H,10H2,1H3,(H4,20,21,22,23,24). The summed E-state index contributed by atoms with van der Waals surface area (Å²) in [5.41, 5.74) is 12.5. The average molecular weight is 391 g/mol. The fourth-order valence-corrected chi connectivity index (χ4v) is 2.71. The molecule has 3 aromatic heterocycles. The number of anilines is 2. The van der Waals surface area contributed by atoms with Crippen LogP contribution in [0.15, 0.2) is 53.1 Å². The van der Waals surface area contributed by atoms with E-state index in [0.29, 0.717) is 17.2 Å². The van der Waals surface area contributed by atoms with Crippen LogP contribution in [0.3, 0.4) is 0 Å². The molecule has 0 bridgehead atoms. The van der Waals surface area contributed by atoms with E-state index in [2.05, 4.69) is 20.1 Å². The first-order chi connectivity index (χ1) is 14.0. The molecule has 4 aromatic rings. The zero-order valence-corrected chi connectivity index (χ0v) is 15.4. The molecule has 4 rings (SSSR count). The maximum absolute atomic E-state index is 12.8. The fraction of sp³-hybridized carbons (Fsp3) is 0.105. The van der Waals surface area contributed by atoms with Crippen LogP contribution in [0.4, 0.5) is 11.9 Å². The molecule has 0 saturated heterocycles. The van der Waals surface area contributed by atoms with Crippen molar-refractivity contribution in [2.45, 2.75) is 13.5 Å². The van der Waals surface area contributed by atoms with Crippen molar-refractivity contribution in [3.8, 4) is 17.1 Å². The first-order valence-electron chi connectivity index (χ1n) is 8.64. The Morgan fingerprint density at radius 3 is 2.45 bits per heavy atom. The molecule has 0 amide bonds. The Labute approximate surface area is 165 Å². The van der Waals surface area contributed by atoms with Crippen LogP contribution >= 0.6 is 0 Å². The van der Waals surface area contributed by atoms with Crippen LogP contribution in [0, 0.1) is 6.92 Å². The lowest BCUT2D eigenvalue weighted by Gasteiger charge is -2.04. The highest BCUT2D eigenvalue weighted by Gasteiger charge is 2.22. The van der Waals surface area contributed by atoms with E-state index in [-0.39, 0.29) is 29.9 Å². The number of hydrogen-bond acceptors (Lipinski definition) is 9. The third kappa shape index (κ3) is 3.90. The SMILES string of the molecule is Cc1ccc(-c2nn(-c3ccccc3)cc2C(=O)OCc2nc(N)nc(N)n2)o1. The second kappa shape index (κ2) is 7.43. The predicted octanol–water partition coefficient (Wildman–Crippen LogP) is 2.15. The van der Waals surface area contributed by atoms with E-state index in [1.54, 1.807) is 23.0 Å². The number of benzene rings is 1. The Bertz CT molecular complexity index is 1150. The average Bonchev–Trinajstić information content (AvgIpc) is 3.32. The summed E-state index contributed by atoms with van der Waals surface area (Å²) in [6.07, 6.45) is 1.58. The van der Waals surface area contributed by atoms with Gasteiger partial charge in [0.25, 0.3) is 0 Å². The van der Waals surface area contributed by atoms with Crippen LogP contribution in [0.2, 0.25) is 0 Å². The minimum atomic E-state index is -0.617. The normalized spacial score (nSPS) is 10.8. The van der Waals surface area contributed by atoms with Gasteiger partial charge < -0.3 is 20.6 Å². The first kappa shape index (κ1) is 18.2.